The minimum Gasteiger partial charge on any atom is -0.494 e. The first kappa shape index (κ1) is 18.6. The van der Waals surface area contributed by atoms with Crippen LogP contribution in [0.15, 0.2) is 83.9 Å². The van der Waals surface area contributed by atoms with E-state index in [-0.39, 0.29) is 0 Å². The smallest absolute Gasteiger partial charge is 0.119 e. The largest absolute Gasteiger partial charge is 0.494 e. The molecule has 0 fully saturated rings. The summed E-state index contributed by atoms with van der Waals surface area (Å²) in [6.45, 7) is 3.71. The molecule has 2 nitrogen and oxygen atoms in total. The monoisotopic (exact) mass is 391 g/mol. The van der Waals surface area contributed by atoms with Crippen molar-refractivity contribution in [1.82, 2.24) is 0 Å². The van der Waals surface area contributed by atoms with Crippen LogP contribution in [-0.4, -0.2) is 18.9 Å². The Balaban J connectivity index is 1.56. The van der Waals surface area contributed by atoms with Crippen LogP contribution in [0.5, 0.6) is 5.75 Å². The predicted octanol–water partition coefficient (Wildman–Crippen LogP) is 6.84. The molecule has 0 atom stereocenters. The van der Waals surface area contributed by atoms with Crippen LogP contribution in [0, 0.1) is 0 Å². The molecule has 4 aromatic carbocycles. The minimum atomic E-state index is 0.758. The lowest BCUT2D eigenvalue weighted by molar-refractivity contribution is 0.317. The van der Waals surface area contributed by atoms with E-state index >= 15 is 0 Å². The number of fused-ring (bicyclic) bond motifs is 3. The predicted molar refractivity (Wildman–Crippen MR) is 128 cm³/mol. The van der Waals surface area contributed by atoms with Gasteiger partial charge in [0.05, 0.1) is 12.3 Å². The Morgan fingerprint density at radius 3 is 2.33 bits per heavy atom. The van der Waals surface area contributed by atoms with Crippen molar-refractivity contribution in [3.63, 3.8) is 0 Å². The quantitative estimate of drug-likeness (QED) is 0.341. The lowest BCUT2D eigenvalue weighted by Gasteiger charge is -2.16. The fourth-order valence-corrected chi connectivity index (χ4v) is 4.25. The van der Waals surface area contributed by atoms with Crippen molar-refractivity contribution in [1.29, 1.82) is 0 Å². The molecule has 0 N–H and O–H groups in total. The van der Waals surface area contributed by atoms with Crippen molar-refractivity contribution in [3.8, 4) is 5.75 Å². The number of benzene rings is 4. The van der Waals surface area contributed by atoms with Gasteiger partial charge in [0.25, 0.3) is 0 Å². The molecular formula is C28H25NO. The van der Waals surface area contributed by atoms with E-state index in [9.17, 15) is 0 Å². The average molecular weight is 392 g/mol. The molecule has 2 heteroatoms. The van der Waals surface area contributed by atoms with E-state index in [2.05, 4.69) is 91.9 Å². The van der Waals surface area contributed by atoms with E-state index in [0.717, 1.165) is 37.5 Å². The Bertz CT molecular complexity index is 1230. The van der Waals surface area contributed by atoms with Gasteiger partial charge in [-0.25, -0.2) is 0 Å². The first-order chi connectivity index (χ1) is 14.8. The van der Waals surface area contributed by atoms with Gasteiger partial charge in [0.1, 0.15) is 5.75 Å². The van der Waals surface area contributed by atoms with E-state index in [1.165, 1.54) is 38.2 Å². The van der Waals surface area contributed by atoms with Crippen molar-refractivity contribution in [2.75, 3.05) is 13.2 Å². The molecule has 0 bridgehead atoms. The van der Waals surface area contributed by atoms with Gasteiger partial charge >= 0.3 is 0 Å². The van der Waals surface area contributed by atoms with Crippen molar-refractivity contribution >= 4 is 33.3 Å². The van der Waals surface area contributed by atoms with Crippen molar-refractivity contribution in [3.05, 3.63) is 95.6 Å². The van der Waals surface area contributed by atoms with Gasteiger partial charge in [-0.05, 0) is 75.9 Å². The van der Waals surface area contributed by atoms with Crippen LogP contribution < -0.4 is 4.74 Å². The molecule has 4 aromatic rings. The molecule has 5 rings (SSSR count). The summed E-state index contributed by atoms with van der Waals surface area (Å²) in [4.78, 5) is 4.83. The van der Waals surface area contributed by atoms with Crippen LogP contribution in [0.4, 0.5) is 0 Å². The topological polar surface area (TPSA) is 21.6 Å². The molecule has 1 heterocycles. The van der Waals surface area contributed by atoms with Crippen LogP contribution in [0.2, 0.25) is 0 Å². The summed E-state index contributed by atoms with van der Waals surface area (Å²) in [7, 11) is 0. The van der Waals surface area contributed by atoms with E-state index in [1.807, 2.05) is 0 Å². The summed E-state index contributed by atoms with van der Waals surface area (Å²) < 4.78 is 5.82. The second-order valence-electron chi connectivity index (χ2n) is 7.75. The Morgan fingerprint density at radius 1 is 0.867 bits per heavy atom. The highest BCUT2D eigenvalue weighted by atomic mass is 16.5. The maximum Gasteiger partial charge on any atom is 0.119 e. The molecule has 30 heavy (non-hydrogen) atoms. The molecule has 0 radical (unpaired) electrons. The third-order valence-corrected chi connectivity index (χ3v) is 5.71. The molecule has 0 unspecified atom stereocenters. The summed E-state index contributed by atoms with van der Waals surface area (Å²) in [5, 5.41) is 5.07. The highest BCUT2D eigenvalue weighted by Crippen LogP contribution is 2.30. The van der Waals surface area contributed by atoms with Crippen LogP contribution in [0.25, 0.3) is 27.6 Å². The number of hydrogen-bond donors (Lipinski definition) is 0. The fourth-order valence-electron chi connectivity index (χ4n) is 4.25. The third-order valence-electron chi connectivity index (χ3n) is 5.71. The third kappa shape index (κ3) is 3.50. The zero-order chi connectivity index (χ0) is 20.3. The van der Waals surface area contributed by atoms with Gasteiger partial charge in [-0.2, -0.15) is 0 Å². The molecule has 0 aromatic heterocycles. The Kier molecular flexibility index (Phi) is 5.06. The van der Waals surface area contributed by atoms with Gasteiger partial charge in [-0.3, -0.25) is 4.99 Å². The fraction of sp³-hybridized carbons (Fsp3) is 0.179. The van der Waals surface area contributed by atoms with Crippen LogP contribution >= 0.6 is 0 Å². The van der Waals surface area contributed by atoms with Gasteiger partial charge < -0.3 is 4.74 Å². The van der Waals surface area contributed by atoms with Crippen molar-refractivity contribution in [2.24, 2.45) is 4.99 Å². The zero-order valence-electron chi connectivity index (χ0n) is 17.3. The van der Waals surface area contributed by atoms with Gasteiger partial charge in [0.15, 0.2) is 0 Å². The van der Waals surface area contributed by atoms with Crippen LogP contribution in [-0.2, 0) is 6.42 Å². The Hall–Kier alpha value is -3.39. The highest BCUT2D eigenvalue weighted by molar-refractivity contribution is 6.15. The second-order valence-corrected chi connectivity index (χ2v) is 7.75. The number of rotatable bonds is 5. The number of ether oxygens (including phenoxy) is 1. The molecule has 1 aliphatic heterocycles. The summed E-state index contributed by atoms with van der Waals surface area (Å²) in [5.41, 5.74) is 4.84. The number of aliphatic imine (C=N–C) groups is 1. The molecule has 0 aliphatic carbocycles. The molecule has 0 saturated heterocycles. The summed E-state index contributed by atoms with van der Waals surface area (Å²) in [6, 6.07) is 25.9. The summed E-state index contributed by atoms with van der Waals surface area (Å²) in [5.74, 6) is 0.959. The van der Waals surface area contributed by atoms with Crippen LogP contribution in [0.3, 0.4) is 0 Å². The highest BCUT2D eigenvalue weighted by Gasteiger charge is 2.13. The molecule has 1 aliphatic rings. The lowest BCUT2D eigenvalue weighted by Crippen LogP contribution is -2.11. The summed E-state index contributed by atoms with van der Waals surface area (Å²) >= 11 is 0. The van der Waals surface area contributed by atoms with E-state index < -0.39 is 0 Å². The second kappa shape index (κ2) is 8.16. The van der Waals surface area contributed by atoms with Crippen LogP contribution in [0.1, 0.15) is 30.0 Å². The molecular weight excluding hydrogens is 366 g/mol. The first-order valence-corrected chi connectivity index (χ1v) is 10.7. The van der Waals surface area contributed by atoms with Crippen molar-refractivity contribution < 1.29 is 4.74 Å². The summed E-state index contributed by atoms with van der Waals surface area (Å²) in [6.07, 6.45) is 6.40. The van der Waals surface area contributed by atoms with Gasteiger partial charge in [0.2, 0.25) is 0 Å². The molecule has 148 valence electrons. The molecule has 0 spiro atoms. The number of nitrogens with zero attached hydrogens (tertiary/aromatic N) is 1. The zero-order valence-corrected chi connectivity index (χ0v) is 17.3. The normalized spacial score (nSPS) is 13.6. The Morgan fingerprint density at radius 2 is 1.60 bits per heavy atom. The number of hydrogen-bond acceptors (Lipinski definition) is 2. The maximum absolute atomic E-state index is 5.82. The van der Waals surface area contributed by atoms with E-state index in [1.54, 1.807) is 0 Å². The first-order valence-electron chi connectivity index (χ1n) is 10.7. The average Bonchev–Trinajstić information content (AvgIpc) is 2.80. The lowest BCUT2D eigenvalue weighted by atomic mass is 9.94. The van der Waals surface area contributed by atoms with Crippen molar-refractivity contribution in [2.45, 2.75) is 19.8 Å². The van der Waals surface area contributed by atoms with Gasteiger partial charge in [-0.1, -0.05) is 61.5 Å². The molecule has 0 saturated carbocycles. The number of allylic oxidation sites excluding steroid dienone is 1. The van der Waals surface area contributed by atoms with E-state index in [0.29, 0.717) is 0 Å². The maximum atomic E-state index is 5.82. The SMILES string of the molecule is CCCOc1ccc2c(c1)CCN=C2C=Cc1c2ccccc2cc2ccccc12. The minimum absolute atomic E-state index is 0.758. The standard InChI is InChI=1S/C28H25NO/c1-2-17-30-23-11-12-26-22(19-23)15-16-29-28(26)14-13-27-24-9-5-3-7-20(24)18-21-8-4-6-10-25(21)27/h3-14,18-19H,2,15-17H2,1H3. The Labute approximate surface area is 177 Å². The van der Waals surface area contributed by atoms with E-state index in [4.69, 9.17) is 9.73 Å². The van der Waals surface area contributed by atoms with Gasteiger partial charge in [-0.15, -0.1) is 0 Å². The molecule has 0 amide bonds. The van der Waals surface area contributed by atoms with Gasteiger partial charge in [0, 0.05) is 12.1 Å².